The van der Waals surface area contributed by atoms with Crippen LogP contribution in [-0.2, 0) is 0 Å². The van der Waals surface area contributed by atoms with Crippen LogP contribution in [-0.4, -0.2) is 24.9 Å². The van der Waals surface area contributed by atoms with Crippen LogP contribution in [0.15, 0.2) is 22.7 Å². The summed E-state index contributed by atoms with van der Waals surface area (Å²) in [5.74, 6) is -1.16. The van der Waals surface area contributed by atoms with Crippen LogP contribution in [0.5, 0.6) is 11.5 Å². The Balaban J connectivity index is 2.78. The minimum Gasteiger partial charge on any atom is -0.497 e. The molecule has 1 unspecified atom stereocenters. The lowest BCUT2D eigenvalue weighted by Gasteiger charge is -2.19. The molecule has 0 aliphatic rings. The normalized spacial score (nSPS) is 12.9. The minimum absolute atomic E-state index is 0.256. The molecule has 3 nitrogen and oxygen atoms in total. The van der Waals surface area contributed by atoms with E-state index in [4.69, 9.17) is 15.2 Å². The highest BCUT2D eigenvalue weighted by atomic mass is 79.9. The first-order valence-corrected chi connectivity index (χ1v) is 6.28. The zero-order valence-electron chi connectivity index (χ0n) is 9.83. The van der Waals surface area contributed by atoms with Gasteiger partial charge in [0, 0.05) is 0 Å². The highest BCUT2D eigenvalue weighted by Crippen LogP contribution is 2.32. The number of ether oxygens (including phenoxy) is 2. The number of thiocarbonyl (C=S) groups is 1. The van der Waals surface area contributed by atoms with Crippen LogP contribution in [0.3, 0.4) is 0 Å². The third-order valence-corrected chi connectivity index (χ3v) is 3.19. The third-order valence-electron chi connectivity index (χ3n) is 2.28. The van der Waals surface area contributed by atoms with Crippen molar-refractivity contribution in [1.82, 2.24) is 0 Å². The number of hydrogen-bond donors (Lipinski definition) is 1. The maximum atomic E-state index is 12.6. The van der Waals surface area contributed by atoms with E-state index in [-0.39, 0.29) is 5.75 Å². The molecule has 0 amide bonds. The number of halogens is 4. The van der Waals surface area contributed by atoms with Crippen LogP contribution in [0.4, 0.5) is 13.2 Å². The number of rotatable bonds is 5. The van der Waals surface area contributed by atoms with Crippen molar-refractivity contribution in [3.8, 4) is 11.5 Å². The molecule has 0 saturated heterocycles. The van der Waals surface area contributed by atoms with Gasteiger partial charge in [-0.2, -0.15) is 13.2 Å². The number of alkyl halides is 3. The van der Waals surface area contributed by atoms with Gasteiger partial charge in [0.2, 0.25) is 0 Å². The van der Waals surface area contributed by atoms with Crippen LogP contribution in [0, 0.1) is 5.92 Å². The summed E-state index contributed by atoms with van der Waals surface area (Å²) in [7, 11) is 1.48. The quantitative estimate of drug-likeness (QED) is 0.821. The fraction of sp³-hybridized carbons (Fsp3) is 0.364. The average molecular weight is 358 g/mol. The molecule has 0 aliphatic heterocycles. The predicted molar refractivity (Wildman–Crippen MR) is 72.5 cm³/mol. The Kier molecular flexibility index (Phi) is 5.42. The highest BCUT2D eigenvalue weighted by Gasteiger charge is 2.42. The molecule has 1 atom stereocenters. The molecule has 106 valence electrons. The van der Waals surface area contributed by atoms with E-state index in [1.807, 2.05) is 0 Å². The van der Waals surface area contributed by atoms with Gasteiger partial charge in [0.05, 0.1) is 16.6 Å². The van der Waals surface area contributed by atoms with Gasteiger partial charge >= 0.3 is 6.18 Å². The summed E-state index contributed by atoms with van der Waals surface area (Å²) < 4.78 is 48.4. The molecule has 0 aliphatic carbocycles. The lowest BCUT2D eigenvalue weighted by molar-refractivity contribution is -0.161. The summed E-state index contributed by atoms with van der Waals surface area (Å²) in [5.41, 5.74) is 5.07. The van der Waals surface area contributed by atoms with E-state index in [1.165, 1.54) is 13.2 Å². The molecular formula is C11H11BrF3NO2S. The van der Waals surface area contributed by atoms with Crippen molar-refractivity contribution < 1.29 is 22.6 Å². The molecule has 0 spiro atoms. The van der Waals surface area contributed by atoms with Crippen LogP contribution < -0.4 is 15.2 Å². The van der Waals surface area contributed by atoms with E-state index in [0.717, 1.165) is 0 Å². The van der Waals surface area contributed by atoms with Crippen molar-refractivity contribution >= 4 is 33.1 Å². The first-order valence-electron chi connectivity index (χ1n) is 5.08. The molecule has 1 aromatic rings. The topological polar surface area (TPSA) is 44.5 Å². The lowest BCUT2D eigenvalue weighted by Crippen LogP contribution is -2.38. The third kappa shape index (κ3) is 4.54. The SMILES string of the molecule is COc1ccc(OCC(C(N)=S)C(F)(F)F)c(Br)c1. The average Bonchev–Trinajstić information content (AvgIpc) is 2.28. The first-order chi connectivity index (χ1) is 8.75. The zero-order chi connectivity index (χ0) is 14.6. The molecule has 0 aromatic heterocycles. The molecule has 8 heteroatoms. The van der Waals surface area contributed by atoms with E-state index in [0.29, 0.717) is 10.2 Å². The second-order valence-corrected chi connectivity index (χ2v) is 4.93. The molecule has 0 fully saturated rings. The van der Waals surface area contributed by atoms with Crippen LogP contribution in [0.2, 0.25) is 0 Å². The summed E-state index contributed by atoms with van der Waals surface area (Å²) in [6, 6.07) is 4.65. The Morgan fingerprint density at radius 3 is 2.53 bits per heavy atom. The van der Waals surface area contributed by atoms with E-state index in [9.17, 15) is 13.2 Å². The number of benzene rings is 1. The van der Waals surface area contributed by atoms with Gasteiger partial charge in [0.25, 0.3) is 0 Å². The Morgan fingerprint density at radius 2 is 2.11 bits per heavy atom. The van der Waals surface area contributed by atoms with Gasteiger partial charge < -0.3 is 15.2 Å². The summed E-state index contributed by atoms with van der Waals surface area (Å²) in [5, 5.41) is 0. The first kappa shape index (κ1) is 16.0. The summed E-state index contributed by atoms with van der Waals surface area (Å²) in [4.78, 5) is -0.642. The molecule has 1 aromatic carbocycles. The second-order valence-electron chi connectivity index (χ2n) is 3.60. The zero-order valence-corrected chi connectivity index (χ0v) is 12.2. The summed E-state index contributed by atoms with van der Waals surface area (Å²) >= 11 is 7.57. The summed E-state index contributed by atoms with van der Waals surface area (Å²) in [6.45, 7) is -0.663. The van der Waals surface area contributed by atoms with Gasteiger partial charge in [-0.05, 0) is 34.1 Å². The Labute approximate surface area is 122 Å². The molecule has 0 bridgehead atoms. The van der Waals surface area contributed by atoms with Gasteiger partial charge in [-0.25, -0.2) is 0 Å². The van der Waals surface area contributed by atoms with E-state index in [2.05, 4.69) is 28.1 Å². The van der Waals surface area contributed by atoms with Crippen molar-refractivity contribution in [2.75, 3.05) is 13.7 Å². The molecule has 0 heterocycles. The standard InChI is InChI=1S/C11H11BrF3NO2S/c1-17-6-2-3-9(8(12)4-6)18-5-7(10(16)19)11(13,14)15/h2-4,7H,5H2,1H3,(H2,16,19). The van der Waals surface area contributed by atoms with Crippen LogP contribution in [0.1, 0.15) is 0 Å². The Bertz CT molecular complexity index is 468. The van der Waals surface area contributed by atoms with E-state index < -0.39 is 23.7 Å². The Morgan fingerprint density at radius 1 is 1.47 bits per heavy atom. The van der Waals surface area contributed by atoms with E-state index >= 15 is 0 Å². The molecule has 2 N–H and O–H groups in total. The van der Waals surface area contributed by atoms with Crippen molar-refractivity contribution in [2.24, 2.45) is 11.7 Å². The number of methoxy groups -OCH3 is 1. The van der Waals surface area contributed by atoms with Crippen LogP contribution in [0.25, 0.3) is 0 Å². The largest absolute Gasteiger partial charge is 0.497 e. The predicted octanol–water partition coefficient (Wildman–Crippen LogP) is 3.30. The molecule has 1 rings (SSSR count). The number of hydrogen-bond acceptors (Lipinski definition) is 3. The minimum atomic E-state index is -4.52. The molecule has 0 saturated carbocycles. The molecule has 19 heavy (non-hydrogen) atoms. The molecular weight excluding hydrogens is 347 g/mol. The fourth-order valence-corrected chi connectivity index (χ4v) is 1.91. The fourth-order valence-electron chi connectivity index (χ4n) is 1.24. The van der Waals surface area contributed by atoms with Gasteiger partial charge in [-0.3, -0.25) is 0 Å². The maximum Gasteiger partial charge on any atom is 0.401 e. The van der Waals surface area contributed by atoms with Crippen molar-refractivity contribution in [1.29, 1.82) is 0 Å². The Hall–Kier alpha value is -1.02. The molecule has 0 radical (unpaired) electrons. The lowest BCUT2D eigenvalue weighted by atomic mass is 10.1. The number of nitrogens with two attached hydrogens (primary N) is 1. The van der Waals surface area contributed by atoms with Crippen LogP contribution >= 0.6 is 28.1 Å². The van der Waals surface area contributed by atoms with Gasteiger partial charge in [-0.15, -0.1) is 0 Å². The second kappa shape index (κ2) is 6.42. The van der Waals surface area contributed by atoms with Crippen molar-refractivity contribution in [3.05, 3.63) is 22.7 Å². The van der Waals surface area contributed by atoms with Gasteiger partial charge in [0.1, 0.15) is 24.0 Å². The van der Waals surface area contributed by atoms with Crippen molar-refractivity contribution in [2.45, 2.75) is 6.18 Å². The smallest absolute Gasteiger partial charge is 0.401 e. The summed E-state index contributed by atoms with van der Waals surface area (Å²) in [6.07, 6.45) is -4.52. The van der Waals surface area contributed by atoms with Gasteiger partial charge in [-0.1, -0.05) is 12.2 Å². The maximum absolute atomic E-state index is 12.6. The monoisotopic (exact) mass is 357 g/mol. The van der Waals surface area contributed by atoms with Gasteiger partial charge in [0.15, 0.2) is 0 Å². The highest BCUT2D eigenvalue weighted by molar-refractivity contribution is 9.10. The van der Waals surface area contributed by atoms with Crippen molar-refractivity contribution in [3.63, 3.8) is 0 Å². The van der Waals surface area contributed by atoms with E-state index in [1.54, 1.807) is 12.1 Å².